The van der Waals surface area contributed by atoms with Crippen molar-refractivity contribution >= 4 is 18.3 Å². The van der Waals surface area contributed by atoms with Crippen molar-refractivity contribution in [2.75, 3.05) is 26.2 Å². The lowest BCUT2D eigenvalue weighted by Crippen LogP contribution is -2.35. The van der Waals surface area contributed by atoms with Crippen LogP contribution in [0.3, 0.4) is 0 Å². The first-order valence-corrected chi connectivity index (χ1v) is 6.18. The lowest BCUT2D eigenvalue weighted by molar-refractivity contribution is -0.134. The van der Waals surface area contributed by atoms with Crippen LogP contribution in [0.25, 0.3) is 0 Å². The van der Waals surface area contributed by atoms with E-state index in [1.54, 1.807) is 0 Å². The molecule has 1 unspecified atom stereocenters. The second-order valence-corrected chi connectivity index (χ2v) is 5.27. The Bertz CT molecular complexity index is 239. The Hall–Kier alpha value is -0.280. The van der Waals surface area contributed by atoms with Gasteiger partial charge in [-0.25, -0.2) is 0 Å². The molecule has 94 valence electrons. The monoisotopic (exact) mass is 246 g/mol. The summed E-state index contributed by atoms with van der Waals surface area (Å²) in [7, 11) is 0. The van der Waals surface area contributed by atoms with Crippen LogP contribution in [0.5, 0.6) is 0 Å². The maximum atomic E-state index is 12.1. The Morgan fingerprint density at radius 2 is 2.12 bits per heavy atom. The van der Waals surface area contributed by atoms with Gasteiger partial charge < -0.3 is 10.2 Å². The molecule has 0 aromatic carbocycles. The van der Waals surface area contributed by atoms with Crippen LogP contribution >= 0.6 is 12.4 Å². The molecule has 1 N–H and O–H groups in total. The second kappa shape index (κ2) is 5.87. The number of nitrogens with zero attached hydrogens (tertiary/aromatic N) is 1. The summed E-state index contributed by atoms with van der Waals surface area (Å²) in [4.78, 5) is 14.2. The minimum absolute atomic E-state index is 0. The molecule has 0 saturated carbocycles. The SMILES string of the molecule is CC(C)C1CCN(C(=O)[C@@H]2CCNC2)C1.Cl. The molecule has 2 aliphatic heterocycles. The first-order chi connectivity index (χ1) is 7.18. The molecule has 3 nitrogen and oxygen atoms in total. The highest BCUT2D eigenvalue weighted by atomic mass is 35.5. The molecule has 2 atom stereocenters. The van der Waals surface area contributed by atoms with Crippen molar-refractivity contribution < 1.29 is 4.79 Å². The van der Waals surface area contributed by atoms with Crippen LogP contribution in [0.1, 0.15) is 26.7 Å². The number of amides is 1. The Morgan fingerprint density at radius 3 is 2.62 bits per heavy atom. The molecule has 2 heterocycles. The van der Waals surface area contributed by atoms with Gasteiger partial charge in [-0.15, -0.1) is 12.4 Å². The Morgan fingerprint density at radius 1 is 1.38 bits per heavy atom. The highest BCUT2D eigenvalue weighted by molar-refractivity contribution is 5.85. The number of carbonyl (C=O) groups excluding carboxylic acids is 1. The van der Waals surface area contributed by atoms with E-state index in [1.165, 1.54) is 6.42 Å². The maximum absolute atomic E-state index is 12.1. The van der Waals surface area contributed by atoms with E-state index in [0.29, 0.717) is 11.8 Å². The summed E-state index contributed by atoms with van der Waals surface area (Å²) in [5.74, 6) is 2.09. The molecular formula is C12H23ClN2O. The molecule has 0 bridgehead atoms. The summed E-state index contributed by atoms with van der Waals surface area (Å²) in [5, 5.41) is 3.26. The van der Waals surface area contributed by atoms with Crippen molar-refractivity contribution in [1.29, 1.82) is 0 Å². The van der Waals surface area contributed by atoms with Gasteiger partial charge in [0.25, 0.3) is 0 Å². The van der Waals surface area contributed by atoms with Crippen LogP contribution in [0.4, 0.5) is 0 Å². The van der Waals surface area contributed by atoms with Crippen LogP contribution < -0.4 is 5.32 Å². The smallest absolute Gasteiger partial charge is 0.227 e. The van der Waals surface area contributed by atoms with Crippen LogP contribution in [-0.2, 0) is 4.79 Å². The highest BCUT2D eigenvalue weighted by Crippen LogP contribution is 2.25. The normalized spacial score (nSPS) is 29.6. The largest absolute Gasteiger partial charge is 0.342 e. The number of carbonyl (C=O) groups is 1. The summed E-state index contributed by atoms with van der Waals surface area (Å²) >= 11 is 0. The van der Waals surface area contributed by atoms with E-state index in [1.807, 2.05) is 0 Å². The van der Waals surface area contributed by atoms with Crippen LogP contribution in [0.2, 0.25) is 0 Å². The maximum Gasteiger partial charge on any atom is 0.227 e. The van der Waals surface area contributed by atoms with Gasteiger partial charge in [0.2, 0.25) is 5.91 Å². The van der Waals surface area contributed by atoms with E-state index in [0.717, 1.165) is 38.5 Å². The first kappa shape index (κ1) is 13.8. The molecule has 4 heteroatoms. The van der Waals surface area contributed by atoms with Crippen molar-refractivity contribution in [3.05, 3.63) is 0 Å². The molecule has 0 aromatic heterocycles. The van der Waals surface area contributed by atoms with Crippen molar-refractivity contribution in [3.63, 3.8) is 0 Å². The predicted molar refractivity (Wildman–Crippen MR) is 67.7 cm³/mol. The molecule has 2 aliphatic rings. The van der Waals surface area contributed by atoms with Gasteiger partial charge >= 0.3 is 0 Å². The summed E-state index contributed by atoms with van der Waals surface area (Å²) in [6.07, 6.45) is 2.23. The van der Waals surface area contributed by atoms with Crippen molar-refractivity contribution in [3.8, 4) is 0 Å². The number of likely N-dealkylation sites (tertiary alicyclic amines) is 1. The van der Waals surface area contributed by atoms with Crippen molar-refractivity contribution in [2.45, 2.75) is 26.7 Å². The standard InChI is InChI=1S/C12H22N2O.ClH/c1-9(2)11-4-6-14(8-11)12(15)10-3-5-13-7-10;/h9-11,13H,3-8H2,1-2H3;1H/t10-,11?;/m1./s1. The van der Waals surface area contributed by atoms with E-state index in [4.69, 9.17) is 0 Å². The Labute approximate surface area is 104 Å². The molecule has 0 aromatic rings. The van der Waals surface area contributed by atoms with E-state index in [-0.39, 0.29) is 18.3 Å². The minimum atomic E-state index is 0. The molecule has 16 heavy (non-hydrogen) atoms. The summed E-state index contributed by atoms with van der Waals surface area (Å²) < 4.78 is 0. The molecule has 2 fully saturated rings. The van der Waals surface area contributed by atoms with Crippen molar-refractivity contribution in [2.24, 2.45) is 17.8 Å². The first-order valence-electron chi connectivity index (χ1n) is 6.18. The second-order valence-electron chi connectivity index (χ2n) is 5.27. The fourth-order valence-electron chi connectivity index (χ4n) is 2.66. The van der Waals surface area contributed by atoms with Gasteiger partial charge in [0.1, 0.15) is 0 Å². The fraction of sp³-hybridized carbons (Fsp3) is 0.917. The number of hydrogen-bond donors (Lipinski definition) is 1. The fourth-order valence-corrected chi connectivity index (χ4v) is 2.66. The Kier molecular flexibility index (Phi) is 5.06. The van der Waals surface area contributed by atoms with Crippen molar-refractivity contribution in [1.82, 2.24) is 10.2 Å². The molecule has 2 rings (SSSR count). The molecule has 2 saturated heterocycles. The van der Waals surface area contributed by atoms with Crippen LogP contribution in [0.15, 0.2) is 0 Å². The molecule has 0 radical (unpaired) electrons. The zero-order valence-electron chi connectivity index (χ0n) is 10.2. The van der Waals surface area contributed by atoms with Gasteiger partial charge in [-0.05, 0) is 31.2 Å². The molecule has 0 aliphatic carbocycles. The van der Waals surface area contributed by atoms with E-state index >= 15 is 0 Å². The third-order valence-electron chi connectivity index (χ3n) is 3.89. The predicted octanol–water partition coefficient (Wildman–Crippen LogP) is 1.52. The molecular weight excluding hydrogens is 224 g/mol. The van der Waals surface area contributed by atoms with E-state index < -0.39 is 0 Å². The summed E-state index contributed by atoms with van der Waals surface area (Å²) in [6.45, 7) is 8.40. The number of rotatable bonds is 2. The van der Waals surface area contributed by atoms with Gasteiger partial charge in [0, 0.05) is 19.6 Å². The number of hydrogen-bond acceptors (Lipinski definition) is 2. The molecule has 1 amide bonds. The van der Waals surface area contributed by atoms with Gasteiger partial charge in [0.05, 0.1) is 5.92 Å². The molecule has 0 spiro atoms. The van der Waals surface area contributed by atoms with Gasteiger partial charge in [-0.2, -0.15) is 0 Å². The summed E-state index contributed by atoms with van der Waals surface area (Å²) in [6, 6.07) is 0. The topological polar surface area (TPSA) is 32.3 Å². The lowest BCUT2D eigenvalue weighted by Gasteiger charge is -2.21. The third kappa shape index (κ3) is 2.89. The lowest BCUT2D eigenvalue weighted by atomic mass is 9.95. The van der Waals surface area contributed by atoms with E-state index in [2.05, 4.69) is 24.1 Å². The van der Waals surface area contributed by atoms with Gasteiger partial charge in [-0.3, -0.25) is 4.79 Å². The van der Waals surface area contributed by atoms with Gasteiger partial charge in [-0.1, -0.05) is 13.8 Å². The zero-order chi connectivity index (χ0) is 10.8. The third-order valence-corrected chi connectivity index (χ3v) is 3.89. The number of halogens is 1. The quantitative estimate of drug-likeness (QED) is 0.802. The summed E-state index contributed by atoms with van der Waals surface area (Å²) in [5.41, 5.74) is 0. The minimum Gasteiger partial charge on any atom is -0.342 e. The zero-order valence-corrected chi connectivity index (χ0v) is 11.1. The Balaban J connectivity index is 0.00000128. The van der Waals surface area contributed by atoms with Crippen LogP contribution in [-0.4, -0.2) is 37.0 Å². The van der Waals surface area contributed by atoms with Crippen LogP contribution in [0, 0.1) is 17.8 Å². The number of nitrogens with one attached hydrogen (secondary N) is 1. The van der Waals surface area contributed by atoms with E-state index in [9.17, 15) is 4.79 Å². The van der Waals surface area contributed by atoms with Gasteiger partial charge in [0.15, 0.2) is 0 Å². The average Bonchev–Trinajstić information content (AvgIpc) is 2.88. The average molecular weight is 247 g/mol. The highest BCUT2D eigenvalue weighted by Gasteiger charge is 2.32.